The van der Waals surface area contributed by atoms with Crippen molar-refractivity contribution >= 4 is 27.7 Å². The molecule has 0 atom stereocenters. The van der Waals surface area contributed by atoms with Crippen LogP contribution in [0.5, 0.6) is 0 Å². The normalized spacial score (nSPS) is 9.50. The Bertz CT molecular complexity index is 365. The molecule has 0 saturated carbocycles. The number of hydrogen-bond donors (Lipinski definition) is 2. The minimum atomic E-state index is -0.499. The monoisotopic (exact) mass is 255 g/mol. The predicted molar refractivity (Wildman–Crippen MR) is 59.3 cm³/mol. The van der Waals surface area contributed by atoms with E-state index in [0.29, 0.717) is 17.9 Å². The molecule has 74 valence electrons. The van der Waals surface area contributed by atoms with Crippen LogP contribution in [0, 0.1) is 0 Å². The number of amides is 1. The Labute approximate surface area is 90.3 Å². The molecular formula is C9H10BrN3O. The van der Waals surface area contributed by atoms with Crippen molar-refractivity contribution in [2.75, 3.05) is 11.9 Å². The van der Waals surface area contributed by atoms with E-state index in [-0.39, 0.29) is 0 Å². The average molecular weight is 256 g/mol. The molecule has 0 radical (unpaired) electrons. The molecule has 0 bridgehead atoms. The van der Waals surface area contributed by atoms with Gasteiger partial charge in [-0.05, 0) is 12.1 Å². The van der Waals surface area contributed by atoms with E-state index in [9.17, 15) is 4.79 Å². The molecule has 0 aromatic carbocycles. The highest BCUT2D eigenvalue weighted by Crippen LogP contribution is 2.11. The third-order valence-corrected chi connectivity index (χ3v) is 1.80. The zero-order valence-corrected chi connectivity index (χ0v) is 9.04. The summed E-state index contributed by atoms with van der Waals surface area (Å²) in [5.41, 5.74) is 5.54. The molecule has 0 aliphatic carbocycles. The van der Waals surface area contributed by atoms with Gasteiger partial charge in [-0.3, -0.25) is 4.79 Å². The maximum absolute atomic E-state index is 11.0. The van der Waals surface area contributed by atoms with Crippen LogP contribution in [0.2, 0.25) is 0 Å². The smallest absolute Gasteiger partial charge is 0.252 e. The number of carbonyl (C=O) groups excluding carboxylic acids is 1. The SMILES string of the molecule is C=C(Br)CNc1ncccc1C(N)=O. The van der Waals surface area contributed by atoms with Gasteiger partial charge in [-0.1, -0.05) is 22.5 Å². The summed E-state index contributed by atoms with van der Waals surface area (Å²) >= 11 is 3.19. The van der Waals surface area contributed by atoms with Crippen molar-refractivity contribution < 1.29 is 4.79 Å². The molecule has 0 fully saturated rings. The molecule has 0 spiro atoms. The molecule has 1 amide bonds. The van der Waals surface area contributed by atoms with Gasteiger partial charge < -0.3 is 11.1 Å². The molecule has 1 rings (SSSR count). The lowest BCUT2D eigenvalue weighted by atomic mass is 10.2. The van der Waals surface area contributed by atoms with Gasteiger partial charge in [0.2, 0.25) is 0 Å². The highest BCUT2D eigenvalue weighted by molar-refractivity contribution is 9.11. The second-order valence-electron chi connectivity index (χ2n) is 2.63. The second kappa shape index (κ2) is 4.76. The average Bonchev–Trinajstić information content (AvgIpc) is 2.15. The lowest BCUT2D eigenvalue weighted by Gasteiger charge is -2.07. The summed E-state index contributed by atoms with van der Waals surface area (Å²) in [6, 6.07) is 3.28. The van der Waals surface area contributed by atoms with Crippen LogP contribution in [0.3, 0.4) is 0 Å². The van der Waals surface area contributed by atoms with E-state index in [2.05, 4.69) is 32.8 Å². The van der Waals surface area contributed by atoms with Crippen LogP contribution in [0.15, 0.2) is 29.4 Å². The summed E-state index contributed by atoms with van der Waals surface area (Å²) < 4.78 is 0.776. The Balaban J connectivity index is 2.84. The van der Waals surface area contributed by atoms with Gasteiger partial charge in [0.25, 0.3) is 5.91 Å². The molecule has 0 unspecified atom stereocenters. The first-order valence-corrected chi connectivity index (χ1v) is 4.72. The molecule has 3 N–H and O–H groups in total. The van der Waals surface area contributed by atoms with Crippen molar-refractivity contribution in [3.63, 3.8) is 0 Å². The van der Waals surface area contributed by atoms with Crippen LogP contribution < -0.4 is 11.1 Å². The summed E-state index contributed by atoms with van der Waals surface area (Å²) in [5, 5.41) is 2.94. The Hall–Kier alpha value is -1.36. The van der Waals surface area contributed by atoms with Crippen molar-refractivity contribution in [1.29, 1.82) is 0 Å². The molecule has 0 aliphatic rings. The van der Waals surface area contributed by atoms with Gasteiger partial charge in [0, 0.05) is 17.2 Å². The van der Waals surface area contributed by atoms with Crippen LogP contribution in [0.25, 0.3) is 0 Å². The molecule has 1 aromatic heterocycles. The van der Waals surface area contributed by atoms with Crippen LogP contribution >= 0.6 is 15.9 Å². The van der Waals surface area contributed by atoms with Crippen LogP contribution in [-0.4, -0.2) is 17.4 Å². The molecule has 14 heavy (non-hydrogen) atoms. The fourth-order valence-electron chi connectivity index (χ4n) is 0.925. The Kier molecular flexibility index (Phi) is 3.64. The fraction of sp³-hybridized carbons (Fsp3) is 0.111. The maximum atomic E-state index is 11.0. The van der Waals surface area contributed by atoms with E-state index in [1.807, 2.05) is 0 Å². The van der Waals surface area contributed by atoms with E-state index >= 15 is 0 Å². The number of rotatable bonds is 4. The number of halogens is 1. The quantitative estimate of drug-likeness (QED) is 0.857. The van der Waals surface area contributed by atoms with E-state index in [0.717, 1.165) is 4.48 Å². The van der Waals surface area contributed by atoms with Gasteiger partial charge in [0.1, 0.15) is 5.82 Å². The standard InChI is InChI=1S/C9H10BrN3O/c1-6(10)5-13-9-7(8(11)14)3-2-4-12-9/h2-4H,1,5H2,(H2,11,14)(H,12,13). The second-order valence-corrected chi connectivity index (χ2v) is 3.76. The number of anilines is 1. The summed E-state index contributed by atoms with van der Waals surface area (Å²) in [4.78, 5) is 15.0. The van der Waals surface area contributed by atoms with Crippen LogP contribution in [0.1, 0.15) is 10.4 Å². The number of pyridine rings is 1. The summed E-state index contributed by atoms with van der Waals surface area (Å²) in [7, 11) is 0. The molecule has 0 aliphatic heterocycles. The minimum Gasteiger partial charge on any atom is -0.365 e. The number of aromatic nitrogens is 1. The maximum Gasteiger partial charge on any atom is 0.252 e. The Morgan fingerprint density at radius 3 is 3.00 bits per heavy atom. The number of primary amides is 1. The topological polar surface area (TPSA) is 68.0 Å². The third-order valence-electron chi connectivity index (χ3n) is 1.52. The lowest BCUT2D eigenvalue weighted by Crippen LogP contribution is -2.15. The van der Waals surface area contributed by atoms with Gasteiger partial charge in [-0.15, -0.1) is 0 Å². The number of carbonyl (C=O) groups is 1. The first-order chi connectivity index (χ1) is 6.61. The summed E-state index contributed by atoms with van der Waals surface area (Å²) in [6.07, 6.45) is 1.59. The predicted octanol–water partition coefficient (Wildman–Crippen LogP) is 1.50. The van der Waals surface area contributed by atoms with E-state index < -0.39 is 5.91 Å². The first-order valence-electron chi connectivity index (χ1n) is 3.93. The van der Waals surface area contributed by atoms with Crippen molar-refractivity contribution in [2.24, 2.45) is 5.73 Å². The van der Waals surface area contributed by atoms with Crippen LogP contribution in [0.4, 0.5) is 5.82 Å². The minimum absolute atomic E-state index is 0.376. The van der Waals surface area contributed by atoms with Gasteiger partial charge >= 0.3 is 0 Å². The zero-order chi connectivity index (χ0) is 10.6. The van der Waals surface area contributed by atoms with Crippen molar-refractivity contribution in [3.05, 3.63) is 35.0 Å². The van der Waals surface area contributed by atoms with E-state index in [4.69, 9.17) is 5.73 Å². The van der Waals surface area contributed by atoms with Crippen LogP contribution in [-0.2, 0) is 0 Å². The Morgan fingerprint density at radius 2 is 2.43 bits per heavy atom. The molecule has 5 heteroatoms. The summed E-state index contributed by atoms with van der Waals surface area (Å²) in [5.74, 6) is -0.0265. The highest BCUT2D eigenvalue weighted by Gasteiger charge is 2.07. The van der Waals surface area contributed by atoms with Crippen molar-refractivity contribution in [2.45, 2.75) is 0 Å². The molecule has 4 nitrogen and oxygen atoms in total. The fourth-order valence-corrected chi connectivity index (χ4v) is 1.06. The van der Waals surface area contributed by atoms with Crippen molar-refractivity contribution in [3.8, 4) is 0 Å². The first kappa shape index (κ1) is 10.7. The van der Waals surface area contributed by atoms with Gasteiger partial charge in [0.15, 0.2) is 0 Å². The number of nitrogens with two attached hydrogens (primary N) is 1. The molecular weight excluding hydrogens is 246 g/mol. The van der Waals surface area contributed by atoms with E-state index in [1.165, 1.54) is 0 Å². The molecule has 1 heterocycles. The summed E-state index contributed by atoms with van der Waals surface area (Å²) in [6.45, 7) is 4.15. The largest absolute Gasteiger partial charge is 0.365 e. The van der Waals surface area contributed by atoms with Gasteiger partial charge in [0.05, 0.1) is 5.56 Å². The van der Waals surface area contributed by atoms with Gasteiger partial charge in [-0.2, -0.15) is 0 Å². The lowest BCUT2D eigenvalue weighted by molar-refractivity contribution is 0.100. The zero-order valence-electron chi connectivity index (χ0n) is 7.46. The number of nitrogens with zero attached hydrogens (tertiary/aromatic N) is 1. The van der Waals surface area contributed by atoms with E-state index in [1.54, 1.807) is 18.3 Å². The third kappa shape index (κ3) is 2.85. The molecule has 0 saturated heterocycles. The number of nitrogens with one attached hydrogen (secondary N) is 1. The highest BCUT2D eigenvalue weighted by atomic mass is 79.9. The Morgan fingerprint density at radius 1 is 1.71 bits per heavy atom. The van der Waals surface area contributed by atoms with Gasteiger partial charge in [-0.25, -0.2) is 4.98 Å². The molecule has 1 aromatic rings. The van der Waals surface area contributed by atoms with Crippen molar-refractivity contribution in [1.82, 2.24) is 4.98 Å². The number of hydrogen-bond acceptors (Lipinski definition) is 3.